The Hall–Kier alpha value is -1.99. The van der Waals surface area contributed by atoms with Gasteiger partial charge in [-0.2, -0.15) is 0 Å². The minimum Gasteiger partial charge on any atom is -0.303 e. The van der Waals surface area contributed by atoms with Gasteiger partial charge in [-0.3, -0.25) is 0 Å². The molecule has 0 spiro atoms. The number of hydrogen-bond acceptors (Lipinski definition) is 5. The molecule has 2 aromatic carbocycles. The lowest BCUT2D eigenvalue weighted by molar-refractivity contribution is -0.111. The van der Waals surface area contributed by atoms with Crippen LogP contribution in [0, 0.1) is 5.92 Å². The minimum atomic E-state index is -4.21. The Balaban J connectivity index is 2.16. The zero-order chi connectivity index (χ0) is 24.2. The van der Waals surface area contributed by atoms with Crippen molar-refractivity contribution in [3.8, 4) is 0 Å². The molecular weight excluding hydrogens is 456 g/mol. The maximum Gasteiger partial charge on any atom is 0.195 e. The second-order valence-corrected chi connectivity index (χ2v) is 13.1. The summed E-state index contributed by atoms with van der Waals surface area (Å²) >= 11 is 0. The number of hydrogen-bond donors (Lipinski definition) is 0. The van der Waals surface area contributed by atoms with Gasteiger partial charge in [-0.05, 0) is 37.1 Å². The highest BCUT2D eigenvalue weighted by molar-refractivity contribution is 8.09. The first-order valence-corrected chi connectivity index (χ1v) is 15.0. The lowest BCUT2D eigenvalue weighted by atomic mass is 9.99. The van der Waals surface area contributed by atoms with Crippen molar-refractivity contribution in [2.45, 2.75) is 85.5 Å². The van der Waals surface area contributed by atoms with Crippen LogP contribution in [0.3, 0.4) is 0 Å². The van der Waals surface area contributed by atoms with E-state index in [0.717, 1.165) is 32.0 Å². The third-order valence-electron chi connectivity index (χ3n) is 5.95. The van der Waals surface area contributed by atoms with Gasteiger partial charge in [0.15, 0.2) is 24.3 Å². The largest absolute Gasteiger partial charge is 0.303 e. The molecule has 0 aliphatic heterocycles. The van der Waals surface area contributed by atoms with E-state index >= 15 is 0 Å². The van der Waals surface area contributed by atoms with Gasteiger partial charge in [0.2, 0.25) is 0 Å². The van der Waals surface area contributed by atoms with Crippen molar-refractivity contribution in [3.05, 3.63) is 60.7 Å². The van der Waals surface area contributed by atoms with Crippen molar-refractivity contribution in [3.63, 3.8) is 0 Å². The SMILES string of the molecule is CCCCCCCCCC[C@@H](C=O)CC(S(=O)(=O)c1ccccc1)S(=O)(=O)c1ccccc1. The molecule has 0 aromatic heterocycles. The Kier molecular flexibility index (Phi) is 11.3. The lowest BCUT2D eigenvalue weighted by Crippen LogP contribution is -2.33. The summed E-state index contributed by atoms with van der Waals surface area (Å²) in [4.78, 5) is 11.7. The van der Waals surface area contributed by atoms with Gasteiger partial charge in [0, 0.05) is 5.92 Å². The van der Waals surface area contributed by atoms with E-state index in [1.165, 1.54) is 49.9 Å². The van der Waals surface area contributed by atoms with Crippen LogP contribution in [0.25, 0.3) is 0 Å². The minimum absolute atomic E-state index is 0.0498. The quantitative estimate of drug-likeness (QED) is 0.212. The van der Waals surface area contributed by atoms with Crippen LogP contribution < -0.4 is 0 Å². The van der Waals surface area contributed by atoms with Crippen molar-refractivity contribution < 1.29 is 21.6 Å². The Morgan fingerprint density at radius 3 is 1.52 bits per heavy atom. The third kappa shape index (κ3) is 8.07. The maximum absolute atomic E-state index is 13.4. The molecule has 5 nitrogen and oxygen atoms in total. The van der Waals surface area contributed by atoms with Gasteiger partial charge in [-0.1, -0.05) is 94.7 Å². The molecule has 0 fully saturated rings. The smallest absolute Gasteiger partial charge is 0.195 e. The molecule has 0 aliphatic carbocycles. The molecular formula is C26H36O5S2. The second kappa shape index (κ2) is 13.7. The van der Waals surface area contributed by atoms with E-state index < -0.39 is 30.2 Å². The van der Waals surface area contributed by atoms with Crippen molar-refractivity contribution in [2.75, 3.05) is 0 Å². The standard InChI is InChI=1S/C26H36O5S2/c1-2-3-4-5-6-7-8-11-16-23(22-27)21-26(32(28,29)24-17-12-9-13-18-24)33(30,31)25-19-14-10-15-20-25/h9-10,12-15,17-20,22-23,26H,2-8,11,16,21H2,1H3/t23-/m1/s1. The van der Waals surface area contributed by atoms with Gasteiger partial charge >= 0.3 is 0 Å². The molecule has 0 aliphatic rings. The first kappa shape index (κ1) is 27.3. The van der Waals surface area contributed by atoms with E-state index in [9.17, 15) is 21.6 Å². The number of benzene rings is 2. The van der Waals surface area contributed by atoms with Gasteiger partial charge < -0.3 is 4.79 Å². The summed E-state index contributed by atoms with van der Waals surface area (Å²) in [5, 5.41) is 0. The van der Waals surface area contributed by atoms with Gasteiger partial charge in [0.25, 0.3) is 0 Å². The highest BCUT2D eigenvalue weighted by Gasteiger charge is 2.41. The topological polar surface area (TPSA) is 85.3 Å². The van der Waals surface area contributed by atoms with Gasteiger partial charge in [-0.15, -0.1) is 0 Å². The maximum atomic E-state index is 13.4. The summed E-state index contributed by atoms with van der Waals surface area (Å²) in [6, 6.07) is 15.2. The summed E-state index contributed by atoms with van der Waals surface area (Å²) in [7, 11) is -8.41. The first-order valence-electron chi connectivity index (χ1n) is 11.9. The van der Waals surface area contributed by atoms with Crippen LogP contribution in [0.4, 0.5) is 0 Å². The number of unbranched alkanes of at least 4 members (excludes halogenated alkanes) is 7. The van der Waals surface area contributed by atoms with Gasteiger partial charge in [-0.25, -0.2) is 16.8 Å². The fourth-order valence-corrected chi connectivity index (χ4v) is 8.66. The third-order valence-corrected chi connectivity index (χ3v) is 11.1. The Morgan fingerprint density at radius 2 is 1.09 bits per heavy atom. The summed E-state index contributed by atoms with van der Waals surface area (Å²) in [5.41, 5.74) is 0. The van der Waals surface area contributed by atoms with E-state index in [1.807, 2.05) is 0 Å². The molecule has 7 heteroatoms. The molecule has 0 unspecified atom stereocenters. The first-order chi connectivity index (χ1) is 15.8. The van der Waals surface area contributed by atoms with Gasteiger partial charge in [0.05, 0.1) is 9.79 Å². The second-order valence-electron chi connectivity index (χ2n) is 8.54. The summed E-state index contributed by atoms with van der Waals surface area (Å²) in [6.45, 7) is 2.18. The van der Waals surface area contributed by atoms with Crippen LogP contribution in [0.1, 0.15) is 71.1 Å². The number of sulfone groups is 2. The molecule has 1 atom stereocenters. The highest BCUT2D eigenvalue weighted by Crippen LogP contribution is 2.31. The molecule has 0 saturated carbocycles. The molecule has 33 heavy (non-hydrogen) atoms. The van der Waals surface area contributed by atoms with Crippen LogP contribution in [-0.2, 0) is 24.5 Å². The Morgan fingerprint density at radius 1 is 0.667 bits per heavy atom. The molecule has 0 heterocycles. The average molecular weight is 493 g/mol. The zero-order valence-corrected chi connectivity index (χ0v) is 21.1. The monoisotopic (exact) mass is 492 g/mol. The molecule has 2 aromatic rings. The molecule has 0 radical (unpaired) electrons. The number of carbonyl (C=O) groups is 1. The predicted molar refractivity (Wildman–Crippen MR) is 132 cm³/mol. The van der Waals surface area contributed by atoms with Crippen molar-refractivity contribution in [1.82, 2.24) is 0 Å². The summed E-state index contributed by atoms with van der Waals surface area (Å²) in [6.07, 6.45) is 9.83. The molecule has 0 bridgehead atoms. The average Bonchev–Trinajstić information content (AvgIpc) is 2.83. The van der Waals surface area contributed by atoms with Crippen LogP contribution in [0.5, 0.6) is 0 Å². The summed E-state index contributed by atoms with van der Waals surface area (Å²) < 4.78 is 51.9. The van der Waals surface area contributed by atoms with Crippen molar-refractivity contribution >= 4 is 26.0 Å². The van der Waals surface area contributed by atoms with Crippen LogP contribution in [0.2, 0.25) is 0 Å². The highest BCUT2D eigenvalue weighted by atomic mass is 32.3. The molecule has 2 rings (SSSR count). The van der Waals surface area contributed by atoms with Crippen molar-refractivity contribution in [2.24, 2.45) is 5.92 Å². The van der Waals surface area contributed by atoms with E-state index in [2.05, 4.69) is 6.92 Å². The van der Waals surface area contributed by atoms with E-state index in [0.29, 0.717) is 6.42 Å². The Labute approximate surface area is 199 Å². The fourth-order valence-electron chi connectivity index (χ4n) is 3.97. The van der Waals surface area contributed by atoms with Gasteiger partial charge in [0.1, 0.15) is 6.29 Å². The molecule has 0 amide bonds. The van der Waals surface area contributed by atoms with Crippen LogP contribution in [-0.4, -0.2) is 27.7 Å². The lowest BCUT2D eigenvalue weighted by Gasteiger charge is -2.21. The van der Waals surface area contributed by atoms with E-state index in [4.69, 9.17) is 0 Å². The van der Waals surface area contributed by atoms with Crippen LogP contribution >= 0.6 is 0 Å². The zero-order valence-electron chi connectivity index (χ0n) is 19.4. The Bertz CT molecular complexity index is 963. The fraction of sp³-hybridized carbons (Fsp3) is 0.500. The van der Waals surface area contributed by atoms with Crippen molar-refractivity contribution in [1.29, 1.82) is 0 Å². The van der Waals surface area contributed by atoms with E-state index in [-0.39, 0.29) is 16.2 Å². The van der Waals surface area contributed by atoms with Crippen LogP contribution in [0.15, 0.2) is 70.5 Å². The van der Waals surface area contributed by atoms with E-state index in [1.54, 1.807) is 36.4 Å². The number of aldehydes is 1. The summed E-state index contributed by atoms with van der Waals surface area (Å²) in [5.74, 6) is -0.632. The predicted octanol–water partition coefficient (Wildman–Crippen LogP) is 6.00. The normalized spacial score (nSPS) is 13.2. The molecule has 0 N–H and O–H groups in total. The molecule has 182 valence electrons. The number of rotatable bonds is 16. The number of carbonyl (C=O) groups excluding carboxylic acids is 1. The molecule has 0 saturated heterocycles.